The fourth-order valence-electron chi connectivity index (χ4n) is 8.79. The number of benzene rings is 1. The molecule has 0 bridgehead atoms. The normalized spacial score (nSPS) is 12.2. The van der Waals surface area contributed by atoms with Gasteiger partial charge in [-0.1, -0.05) is 192 Å². The van der Waals surface area contributed by atoms with Crippen molar-refractivity contribution in [2.24, 2.45) is 4.99 Å². The highest BCUT2D eigenvalue weighted by atomic mass is 35.5. The molecule has 0 saturated heterocycles. The van der Waals surface area contributed by atoms with Crippen molar-refractivity contribution in [3.8, 4) is 0 Å². The summed E-state index contributed by atoms with van der Waals surface area (Å²) in [6, 6.07) is 9.29. The molecule has 0 fully saturated rings. The van der Waals surface area contributed by atoms with Crippen LogP contribution in [0.15, 0.2) is 29.3 Å². The van der Waals surface area contributed by atoms with Crippen molar-refractivity contribution in [1.29, 1.82) is 0 Å². The van der Waals surface area contributed by atoms with Crippen LogP contribution in [-0.4, -0.2) is 73.1 Å². The summed E-state index contributed by atoms with van der Waals surface area (Å²) in [5.74, 6) is 0.318. The third kappa shape index (κ3) is 30.1. The number of hydrogen-bond acceptors (Lipinski definition) is 3. The summed E-state index contributed by atoms with van der Waals surface area (Å²) in [4.78, 5) is 17.2. The van der Waals surface area contributed by atoms with E-state index in [2.05, 4.69) is 76.1 Å². The monoisotopic (exact) mass is 848 g/mol. The number of amides is 1. The van der Waals surface area contributed by atoms with Crippen LogP contribution in [0.5, 0.6) is 0 Å². The molecule has 59 heavy (non-hydrogen) atoms. The van der Waals surface area contributed by atoms with Crippen LogP contribution in [0.25, 0.3) is 0 Å². The average molecular weight is 849 g/mol. The number of nitrogens with zero attached hydrogens (tertiary/aromatic N) is 3. The largest absolute Gasteiger partial charge is 0.862 e. The molecule has 0 spiro atoms. The molecule has 0 radical (unpaired) electrons. The predicted octanol–water partition coefficient (Wildman–Crippen LogP) is 13.7. The molecular weight excluding hydrogens is 748 g/mol. The van der Waals surface area contributed by atoms with Gasteiger partial charge in [-0.25, -0.2) is 0 Å². The van der Waals surface area contributed by atoms with Crippen LogP contribution < -0.4 is 10.4 Å². The Hall–Kier alpha value is -1.63. The first kappa shape index (κ1) is 57.4. The number of aliphatic imine (C=N–C) groups is 1. The number of nitrogens with one attached hydrogen (secondary N) is 1. The number of carbonyl (C=O) groups is 1. The van der Waals surface area contributed by atoms with Crippen LogP contribution in [0.4, 0.5) is 0 Å². The lowest BCUT2D eigenvalue weighted by Gasteiger charge is -2.38. The minimum absolute atomic E-state index is 0. The number of carbonyl (C=O) groups excluding carboxylic acids is 1. The molecule has 6 nitrogen and oxygen atoms in total. The second-order valence-electron chi connectivity index (χ2n) is 18.1. The van der Waals surface area contributed by atoms with Crippen LogP contribution in [0, 0.1) is 0 Å². The highest BCUT2D eigenvalue weighted by Gasteiger charge is 2.25. The van der Waals surface area contributed by atoms with E-state index in [1.165, 1.54) is 159 Å². The standard InChI is InChI=1S/C52H98N4O2.ClH/c1-7-13-15-17-19-21-23-25-27-29-31-33-35-37-51(57)53-43-45-55(9-3,10-4)47-49-39-41-50(42-40-49)48-56(11-5,12-6)46-44-54-52(58)38-36-34-32-30-28-26-24-22-20-18-16-14-8-2;/h39-42H,7-38,43-48H2,1-6H3;1H/p+1. The molecule has 0 unspecified atom stereocenters. The maximum absolute atomic E-state index is 12.7. The molecular formula is C52H100ClN4O2+. The fraction of sp³-hybridized carbons (Fsp3) is 0.846. The Morgan fingerprint density at radius 3 is 1.17 bits per heavy atom. The summed E-state index contributed by atoms with van der Waals surface area (Å²) >= 11 is 0. The molecule has 7 heteroatoms. The molecule has 1 N–H and O–H groups in total. The van der Waals surface area contributed by atoms with Gasteiger partial charge in [0, 0.05) is 17.5 Å². The van der Waals surface area contributed by atoms with E-state index in [0.29, 0.717) is 19.4 Å². The highest BCUT2D eigenvalue weighted by molar-refractivity contribution is 5.85. The first-order chi connectivity index (χ1) is 28.3. The summed E-state index contributed by atoms with van der Waals surface area (Å²) in [5, 5.41) is 15.8. The van der Waals surface area contributed by atoms with Crippen LogP contribution in [0.1, 0.15) is 232 Å². The topological polar surface area (TPSA) is 64.5 Å². The minimum atomic E-state index is 0. The average Bonchev–Trinajstić information content (AvgIpc) is 3.24. The second-order valence-corrected chi connectivity index (χ2v) is 18.1. The number of likely N-dealkylation sites (N-methyl/N-ethyl adjacent to an activating group) is 2. The zero-order chi connectivity index (χ0) is 42.4. The van der Waals surface area contributed by atoms with Crippen molar-refractivity contribution in [3.05, 3.63) is 35.4 Å². The Bertz CT molecular complexity index is 1100. The smallest absolute Gasteiger partial charge is 0.220 e. The van der Waals surface area contributed by atoms with Gasteiger partial charge in [-0.15, -0.1) is 12.4 Å². The number of unbranched alkanes of at least 4 members (excludes halogenated alkanes) is 24. The summed E-state index contributed by atoms with van der Waals surface area (Å²) in [5.41, 5.74) is 2.72. The molecule has 0 aliphatic carbocycles. The first-order valence-corrected chi connectivity index (χ1v) is 25.6. The van der Waals surface area contributed by atoms with Gasteiger partial charge >= 0.3 is 0 Å². The second kappa shape index (κ2) is 39.2. The quantitative estimate of drug-likeness (QED) is 0.0308. The van der Waals surface area contributed by atoms with Crippen molar-refractivity contribution in [2.75, 3.05) is 52.4 Å². The molecule has 0 atom stereocenters. The SMILES string of the molecule is CCCCCCCCCCCCCCCC(=O)NCC[N+](CC)(CC)Cc1ccc(C[N+](CC)(CC)CCN=C([O-])CCCCCCCCCCCCCCC)cc1.Cl. The van der Waals surface area contributed by atoms with Gasteiger partial charge in [0.15, 0.2) is 0 Å². The molecule has 0 aromatic heterocycles. The Morgan fingerprint density at radius 2 is 0.814 bits per heavy atom. The third-order valence-electron chi connectivity index (χ3n) is 13.5. The molecule has 1 aromatic carbocycles. The first-order valence-electron chi connectivity index (χ1n) is 25.6. The van der Waals surface area contributed by atoms with E-state index in [1.807, 2.05) is 0 Å². The van der Waals surface area contributed by atoms with Crippen LogP contribution in [-0.2, 0) is 17.9 Å². The Labute approximate surface area is 374 Å². The van der Waals surface area contributed by atoms with Crippen LogP contribution >= 0.6 is 12.4 Å². The lowest BCUT2D eigenvalue weighted by atomic mass is 10.0. The molecule has 0 aliphatic rings. The Balaban J connectivity index is 0.0000336. The van der Waals surface area contributed by atoms with Crippen molar-refractivity contribution in [3.63, 3.8) is 0 Å². The van der Waals surface area contributed by atoms with Gasteiger partial charge in [-0.2, -0.15) is 0 Å². The summed E-state index contributed by atoms with van der Waals surface area (Å²) < 4.78 is 1.94. The van der Waals surface area contributed by atoms with Crippen LogP contribution in [0.3, 0.4) is 0 Å². The van der Waals surface area contributed by atoms with E-state index >= 15 is 0 Å². The van der Waals surface area contributed by atoms with E-state index in [9.17, 15) is 9.90 Å². The number of hydrogen-bond donors (Lipinski definition) is 1. The van der Waals surface area contributed by atoms with E-state index in [4.69, 9.17) is 0 Å². The Morgan fingerprint density at radius 1 is 0.492 bits per heavy atom. The summed E-state index contributed by atoms with van der Waals surface area (Å²) in [6.07, 6.45) is 35.8. The van der Waals surface area contributed by atoms with E-state index < -0.39 is 0 Å². The van der Waals surface area contributed by atoms with Crippen molar-refractivity contribution >= 4 is 24.2 Å². The van der Waals surface area contributed by atoms with Gasteiger partial charge in [0.25, 0.3) is 0 Å². The van der Waals surface area contributed by atoms with Gasteiger partial charge in [-0.3, -0.25) is 9.79 Å². The van der Waals surface area contributed by atoms with Crippen molar-refractivity contribution in [1.82, 2.24) is 5.32 Å². The Kier molecular flexibility index (Phi) is 38.1. The molecule has 1 rings (SSSR count). The molecule has 0 heterocycles. The lowest BCUT2D eigenvalue weighted by Crippen LogP contribution is -2.51. The molecule has 0 aliphatic heterocycles. The number of quaternary nitrogens is 2. The maximum Gasteiger partial charge on any atom is 0.220 e. The maximum atomic E-state index is 12.7. The van der Waals surface area contributed by atoms with Crippen molar-refractivity contribution in [2.45, 2.75) is 234 Å². The number of halogens is 1. The number of rotatable bonds is 42. The molecule has 1 aromatic rings. The highest BCUT2D eigenvalue weighted by Crippen LogP contribution is 2.20. The zero-order valence-corrected chi connectivity index (χ0v) is 41.1. The van der Waals surface area contributed by atoms with E-state index in [1.54, 1.807) is 0 Å². The van der Waals surface area contributed by atoms with Gasteiger partial charge in [-0.05, 0) is 52.9 Å². The molecule has 1 amide bonds. The predicted molar refractivity (Wildman–Crippen MR) is 259 cm³/mol. The summed E-state index contributed by atoms with van der Waals surface area (Å²) in [6.45, 7) is 23.1. The minimum Gasteiger partial charge on any atom is -0.862 e. The third-order valence-corrected chi connectivity index (χ3v) is 13.5. The van der Waals surface area contributed by atoms with Gasteiger partial charge in [0.05, 0.1) is 52.4 Å². The van der Waals surface area contributed by atoms with Gasteiger partial charge in [0.1, 0.15) is 13.1 Å². The van der Waals surface area contributed by atoms with E-state index in [-0.39, 0.29) is 24.2 Å². The summed E-state index contributed by atoms with van der Waals surface area (Å²) in [7, 11) is 0. The lowest BCUT2D eigenvalue weighted by molar-refractivity contribution is -0.936. The molecule has 346 valence electrons. The van der Waals surface area contributed by atoms with Crippen molar-refractivity contribution < 1.29 is 18.9 Å². The van der Waals surface area contributed by atoms with Gasteiger partial charge < -0.3 is 19.4 Å². The van der Waals surface area contributed by atoms with Gasteiger partial charge in [0.2, 0.25) is 5.91 Å². The zero-order valence-electron chi connectivity index (χ0n) is 40.2. The molecule has 0 saturated carbocycles. The van der Waals surface area contributed by atoms with Crippen LogP contribution in [0.2, 0.25) is 0 Å². The fourth-order valence-corrected chi connectivity index (χ4v) is 8.79. The van der Waals surface area contributed by atoms with E-state index in [0.717, 1.165) is 87.1 Å².